The van der Waals surface area contributed by atoms with Crippen molar-refractivity contribution in [2.45, 2.75) is 99.1 Å². The third-order valence-electron chi connectivity index (χ3n) is 7.07. The first kappa shape index (κ1) is 36.3. The van der Waals surface area contributed by atoms with Crippen molar-refractivity contribution in [3.8, 4) is 0 Å². The molecule has 1 aliphatic carbocycles. The van der Waals surface area contributed by atoms with E-state index in [2.05, 4.69) is 31.0 Å². The molecule has 1 nitrogen and oxygen atoms in total. The van der Waals surface area contributed by atoms with E-state index in [0.29, 0.717) is 18.1 Å². The molecule has 0 aliphatic heterocycles. The Bertz CT molecular complexity index is 1160. The summed E-state index contributed by atoms with van der Waals surface area (Å²) in [4.78, 5) is 4.49. The fourth-order valence-electron chi connectivity index (χ4n) is 4.76. The Labute approximate surface area is 238 Å². The Kier molecular flexibility index (Phi) is 12.4. The molecule has 0 saturated carbocycles. The fourth-order valence-corrected chi connectivity index (χ4v) is 4.76. The molecule has 1 heterocycles. The molecule has 1 unspecified atom stereocenters. The third kappa shape index (κ3) is 8.41. The van der Waals surface area contributed by atoms with E-state index in [9.17, 15) is 35.1 Å². The molecule has 1 aromatic rings. The van der Waals surface area contributed by atoms with Gasteiger partial charge in [-0.15, -0.1) is 0 Å². The van der Waals surface area contributed by atoms with Crippen LogP contribution in [-0.2, 0) is 0 Å². The van der Waals surface area contributed by atoms with Crippen molar-refractivity contribution in [2.75, 3.05) is 0 Å². The summed E-state index contributed by atoms with van der Waals surface area (Å²) >= 11 is 0. The maximum absolute atomic E-state index is 14.0. The number of nitrogens with zero attached hydrogens (tertiary/aromatic N) is 1. The number of hydrogen-bond acceptors (Lipinski definition) is 1. The Hall–Kier alpha value is -2.71. The molecule has 0 radical (unpaired) electrons. The van der Waals surface area contributed by atoms with Crippen molar-refractivity contribution in [1.29, 1.82) is 0 Å². The molecule has 0 aromatic carbocycles. The summed E-state index contributed by atoms with van der Waals surface area (Å²) in [5, 5.41) is 0. The molecular formula is C32H41F8N. The highest BCUT2D eigenvalue weighted by atomic mass is 19.4. The molecule has 230 valence electrons. The normalized spacial score (nSPS) is 19.8. The van der Waals surface area contributed by atoms with E-state index in [0.717, 1.165) is 42.7 Å². The van der Waals surface area contributed by atoms with Crippen LogP contribution >= 0.6 is 0 Å². The van der Waals surface area contributed by atoms with Crippen molar-refractivity contribution in [3.05, 3.63) is 83.0 Å². The van der Waals surface area contributed by atoms with Crippen molar-refractivity contribution in [1.82, 2.24) is 4.98 Å². The van der Waals surface area contributed by atoms with Crippen LogP contribution < -0.4 is 0 Å². The van der Waals surface area contributed by atoms with Gasteiger partial charge in [0.1, 0.15) is 5.83 Å². The van der Waals surface area contributed by atoms with Crippen molar-refractivity contribution >= 4 is 5.57 Å². The maximum Gasteiger partial charge on any atom is 0.460 e. The Morgan fingerprint density at radius 1 is 1.00 bits per heavy atom. The summed E-state index contributed by atoms with van der Waals surface area (Å²) in [7, 11) is 0. The maximum atomic E-state index is 14.0. The van der Waals surface area contributed by atoms with Crippen LogP contribution in [0.3, 0.4) is 0 Å². The molecule has 0 bridgehead atoms. The summed E-state index contributed by atoms with van der Waals surface area (Å²) < 4.78 is 104. The van der Waals surface area contributed by atoms with Gasteiger partial charge >= 0.3 is 18.0 Å². The van der Waals surface area contributed by atoms with Gasteiger partial charge in [-0.3, -0.25) is 4.98 Å². The zero-order chi connectivity index (χ0) is 31.9. The van der Waals surface area contributed by atoms with Gasteiger partial charge in [0, 0.05) is 23.6 Å². The second kappa shape index (κ2) is 14.0. The summed E-state index contributed by atoms with van der Waals surface area (Å²) in [6, 6.07) is 5.91. The number of hydrogen-bond donors (Lipinski definition) is 0. The quantitative estimate of drug-likeness (QED) is 0.166. The van der Waals surface area contributed by atoms with Gasteiger partial charge in [0.15, 0.2) is 0 Å². The number of allylic oxidation sites excluding steroid dienone is 10. The monoisotopic (exact) mass is 591 g/mol. The molecule has 1 aliphatic rings. The highest BCUT2D eigenvalue weighted by molar-refractivity contribution is 5.76. The minimum Gasteiger partial charge on any atom is -0.257 e. The highest BCUT2D eigenvalue weighted by Gasteiger charge is 2.73. The first-order chi connectivity index (χ1) is 18.8. The molecule has 0 amide bonds. The van der Waals surface area contributed by atoms with E-state index < -0.39 is 29.0 Å². The van der Waals surface area contributed by atoms with E-state index >= 15 is 0 Å². The predicted octanol–water partition coefficient (Wildman–Crippen LogP) is 11.6. The van der Waals surface area contributed by atoms with Crippen LogP contribution in [0.1, 0.15) is 86.8 Å². The minimum absolute atomic E-state index is 0.0372. The van der Waals surface area contributed by atoms with Crippen LogP contribution in [0.2, 0.25) is 0 Å². The summed E-state index contributed by atoms with van der Waals surface area (Å²) in [5.74, 6) is -11.5. The average Bonchev–Trinajstić information content (AvgIpc) is 2.87. The van der Waals surface area contributed by atoms with Crippen molar-refractivity contribution in [2.24, 2.45) is 10.8 Å². The largest absolute Gasteiger partial charge is 0.460 e. The zero-order valence-corrected chi connectivity index (χ0v) is 25.0. The summed E-state index contributed by atoms with van der Waals surface area (Å²) in [6.07, 6.45) is 5.28. The number of halogens is 8. The van der Waals surface area contributed by atoms with E-state index in [1.807, 2.05) is 25.1 Å². The first-order valence-electron chi connectivity index (χ1n) is 13.6. The van der Waals surface area contributed by atoms with Gasteiger partial charge in [-0.25, -0.2) is 4.39 Å². The molecular weight excluding hydrogens is 550 g/mol. The van der Waals surface area contributed by atoms with Crippen LogP contribution in [0.25, 0.3) is 5.57 Å². The highest BCUT2D eigenvalue weighted by Crippen LogP contribution is 2.51. The molecule has 41 heavy (non-hydrogen) atoms. The van der Waals surface area contributed by atoms with E-state index in [-0.39, 0.29) is 17.7 Å². The van der Waals surface area contributed by atoms with Gasteiger partial charge < -0.3 is 0 Å². The number of rotatable bonds is 8. The van der Waals surface area contributed by atoms with Crippen LogP contribution in [0.15, 0.2) is 77.3 Å². The van der Waals surface area contributed by atoms with E-state index in [1.165, 1.54) is 0 Å². The average molecular weight is 592 g/mol. The minimum atomic E-state index is -6.33. The van der Waals surface area contributed by atoms with Gasteiger partial charge in [-0.05, 0) is 67.9 Å². The standard InChI is InChI=1S/C18H22FN.C14H19F7/c1-4-6-10-18(5-2)13-15(19)12-14(3)17(18)16-9-7-8-11-20-16;1-6-9(11(3,4)5)8-10(7-2)12(15,16)13(17,18)14(19,20)21/h6-12H,4-5,13H2,1-3H3;7-8H,6H2,1-5H3/b;9-8+,10-7+. The van der Waals surface area contributed by atoms with Gasteiger partial charge in [0.2, 0.25) is 0 Å². The van der Waals surface area contributed by atoms with Crippen molar-refractivity contribution in [3.63, 3.8) is 0 Å². The summed E-state index contributed by atoms with van der Waals surface area (Å²) in [6.45, 7) is 13.8. The van der Waals surface area contributed by atoms with E-state index in [4.69, 9.17) is 0 Å². The first-order valence-corrected chi connectivity index (χ1v) is 13.6. The smallest absolute Gasteiger partial charge is 0.257 e. The van der Waals surface area contributed by atoms with Crippen LogP contribution in [0, 0.1) is 10.8 Å². The Morgan fingerprint density at radius 3 is 2.02 bits per heavy atom. The zero-order valence-electron chi connectivity index (χ0n) is 25.0. The number of alkyl halides is 7. The lowest BCUT2D eigenvalue weighted by Gasteiger charge is -2.36. The summed E-state index contributed by atoms with van der Waals surface area (Å²) in [5.41, 5.74) is 1.22. The van der Waals surface area contributed by atoms with E-state index in [1.54, 1.807) is 40.0 Å². The third-order valence-corrected chi connectivity index (χ3v) is 7.07. The second-order valence-electron chi connectivity index (χ2n) is 11.0. The van der Waals surface area contributed by atoms with Crippen LogP contribution in [-0.4, -0.2) is 23.0 Å². The lowest BCUT2D eigenvalue weighted by Crippen LogP contribution is -2.52. The van der Waals surface area contributed by atoms with Gasteiger partial charge in [-0.1, -0.05) is 77.5 Å². The molecule has 0 saturated heterocycles. The number of pyridine rings is 1. The Balaban J connectivity index is 0.000000410. The van der Waals surface area contributed by atoms with Gasteiger partial charge in [0.25, 0.3) is 0 Å². The van der Waals surface area contributed by atoms with Gasteiger partial charge in [0.05, 0.1) is 5.69 Å². The predicted molar refractivity (Wildman–Crippen MR) is 150 cm³/mol. The molecule has 1 aromatic heterocycles. The van der Waals surface area contributed by atoms with Crippen LogP contribution in [0.4, 0.5) is 35.1 Å². The SMILES string of the molecule is C/C=C(\C=C(/CC)C(C)(C)C)C(F)(F)C(F)(F)C(F)(F)F.CCC=CC1(CC)CC(F)=CC(C)=C1c1ccccn1. The Morgan fingerprint density at radius 2 is 1.61 bits per heavy atom. The van der Waals surface area contributed by atoms with Gasteiger partial charge in [-0.2, -0.15) is 30.7 Å². The van der Waals surface area contributed by atoms with Crippen molar-refractivity contribution < 1.29 is 35.1 Å². The molecule has 1 atom stereocenters. The van der Waals surface area contributed by atoms with Crippen LogP contribution in [0.5, 0.6) is 0 Å². The lowest BCUT2D eigenvalue weighted by atomic mass is 9.68. The number of aromatic nitrogens is 1. The molecule has 0 fully saturated rings. The molecule has 9 heteroatoms. The second-order valence-corrected chi connectivity index (χ2v) is 11.0. The molecule has 2 rings (SSSR count). The fraction of sp³-hybridized carbons (Fsp3) is 0.531. The topological polar surface area (TPSA) is 12.9 Å². The molecule has 0 N–H and O–H groups in total. The molecule has 0 spiro atoms. The lowest BCUT2D eigenvalue weighted by molar-refractivity contribution is -0.343.